The van der Waals surface area contributed by atoms with E-state index in [0.29, 0.717) is 5.69 Å². The number of halogens is 3. The summed E-state index contributed by atoms with van der Waals surface area (Å²) >= 11 is 0. The average molecular weight is 383 g/mol. The minimum absolute atomic E-state index is 0.101. The summed E-state index contributed by atoms with van der Waals surface area (Å²) in [4.78, 5) is 25.3. The molecule has 3 rings (SSSR count). The molecule has 1 aromatic heterocycles. The number of aromatic nitrogens is 2. The molecule has 1 aliphatic rings. The van der Waals surface area contributed by atoms with E-state index in [1.807, 2.05) is 0 Å². The first kappa shape index (κ1) is 18.9. The molecule has 2 aromatic rings. The number of rotatable bonds is 3. The molecule has 1 atom stereocenters. The van der Waals surface area contributed by atoms with Crippen molar-refractivity contribution < 1.29 is 32.6 Å². The summed E-state index contributed by atoms with van der Waals surface area (Å²) in [5.74, 6) is -1.74. The molecule has 10 heteroatoms. The van der Waals surface area contributed by atoms with Crippen LogP contribution >= 0.6 is 0 Å². The van der Waals surface area contributed by atoms with Gasteiger partial charge in [-0.25, -0.2) is 9.48 Å². The first-order valence-corrected chi connectivity index (χ1v) is 8.04. The normalized spacial score (nSPS) is 17.8. The van der Waals surface area contributed by atoms with Crippen molar-refractivity contribution in [2.24, 2.45) is 0 Å². The van der Waals surface area contributed by atoms with Gasteiger partial charge in [0, 0.05) is 6.54 Å². The quantitative estimate of drug-likeness (QED) is 0.878. The van der Waals surface area contributed by atoms with E-state index < -0.39 is 29.7 Å². The SMILES string of the molecule is Cc1c(C(=O)N2CCOC[C@@H]2C(=O)O)cnn1-c1cccc(C(F)(F)F)c1. The maximum absolute atomic E-state index is 12.9. The van der Waals surface area contributed by atoms with Crippen molar-refractivity contribution in [1.29, 1.82) is 0 Å². The zero-order valence-electron chi connectivity index (χ0n) is 14.2. The molecule has 144 valence electrons. The molecule has 7 nitrogen and oxygen atoms in total. The molecule has 0 aliphatic carbocycles. The molecule has 1 saturated heterocycles. The number of alkyl halides is 3. The highest BCUT2D eigenvalue weighted by Crippen LogP contribution is 2.30. The van der Waals surface area contributed by atoms with Gasteiger partial charge in [-0.05, 0) is 25.1 Å². The minimum Gasteiger partial charge on any atom is -0.480 e. The first-order valence-electron chi connectivity index (χ1n) is 8.04. The van der Waals surface area contributed by atoms with Crippen LogP contribution in [0.4, 0.5) is 13.2 Å². The van der Waals surface area contributed by atoms with Gasteiger partial charge >= 0.3 is 12.1 Å². The smallest absolute Gasteiger partial charge is 0.416 e. The highest BCUT2D eigenvalue weighted by atomic mass is 19.4. The highest BCUT2D eigenvalue weighted by molar-refractivity contribution is 5.97. The van der Waals surface area contributed by atoms with E-state index in [1.165, 1.54) is 34.8 Å². The van der Waals surface area contributed by atoms with Crippen LogP contribution in [0.5, 0.6) is 0 Å². The fraction of sp³-hybridized carbons (Fsp3) is 0.353. The molecule has 1 aromatic carbocycles. The van der Waals surface area contributed by atoms with Gasteiger partial charge in [-0.3, -0.25) is 4.79 Å². The van der Waals surface area contributed by atoms with Crippen molar-refractivity contribution >= 4 is 11.9 Å². The second kappa shape index (κ2) is 7.03. The first-order chi connectivity index (χ1) is 12.7. The number of nitrogens with zero attached hydrogens (tertiary/aromatic N) is 3. The Morgan fingerprint density at radius 3 is 2.74 bits per heavy atom. The van der Waals surface area contributed by atoms with E-state index in [9.17, 15) is 27.9 Å². The number of carbonyl (C=O) groups excluding carboxylic acids is 1. The Hall–Kier alpha value is -2.88. The number of hydrogen-bond acceptors (Lipinski definition) is 4. The maximum atomic E-state index is 12.9. The van der Waals surface area contributed by atoms with Crippen LogP contribution < -0.4 is 0 Å². The summed E-state index contributed by atoms with van der Waals surface area (Å²) in [6.45, 7) is 1.72. The zero-order chi connectivity index (χ0) is 19.8. The van der Waals surface area contributed by atoms with Crippen LogP contribution in [0.15, 0.2) is 30.5 Å². The molecule has 0 radical (unpaired) electrons. The van der Waals surface area contributed by atoms with Crippen LogP contribution in [-0.4, -0.2) is 57.5 Å². The van der Waals surface area contributed by atoms with Gasteiger partial charge in [0.15, 0.2) is 6.04 Å². The molecule has 27 heavy (non-hydrogen) atoms. The summed E-state index contributed by atoms with van der Waals surface area (Å²) in [7, 11) is 0. The lowest BCUT2D eigenvalue weighted by molar-refractivity contribution is -0.147. The third-order valence-electron chi connectivity index (χ3n) is 4.33. The number of carboxylic acid groups (broad SMARTS) is 1. The van der Waals surface area contributed by atoms with E-state index in [1.54, 1.807) is 0 Å². The van der Waals surface area contributed by atoms with Crippen molar-refractivity contribution in [2.75, 3.05) is 19.8 Å². The molecule has 0 spiro atoms. The van der Waals surface area contributed by atoms with Crippen molar-refractivity contribution in [3.8, 4) is 5.69 Å². The molecule has 1 N–H and O–H groups in total. The topological polar surface area (TPSA) is 84.7 Å². The summed E-state index contributed by atoms with van der Waals surface area (Å²) in [6, 6.07) is 3.45. The third-order valence-corrected chi connectivity index (χ3v) is 4.33. The van der Waals surface area contributed by atoms with Gasteiger partial charge in [0.1, 0.15) is 0 Å². The van der Waals surface area contributed by atoms with Crippen molar-refractivity contribution in [3.63, 3.8) is 0 Å². The standard InChI is InChI=1S/C17H16F3N3O4/c1-10-13(15(24)22-5-6-27-9-14(22)16(25)26)8-21-23(10)12-4-2-3-11(7-12)17(18,19)20/h2-4,7-8,14H,5-6,9H2,1H3,(H,25,26)/t14-/m1/s1. The van der Waals surface area contributed by atoms with E-state index in [0.717, 1.165) is 12.1 Å². The number of aliphatic carboxylic acids is 1. The lowest BCUT2D eigenvalue weighted by Crippen LogP contribution is -2.52. The number of carbonyl (C=O) groups is 2. The number of carboxylic acids is 1. The van der Waals surface area contributed by atoms with Crippen molar-refractivity contribution in [3.05, 3.63) is 47.3 Å². The Bertz CT molecular complexity index is 879. The van der Waals surface area contributed by atoms with Gasteiger partial charge < -0.3 is 14.7 Å². The van der Waals surface area contributed by atoms with Crippen molar-refractivity contribution in [2.45, 2.75) is 19.1 Å². The minimum atomic E-state index is -4.50. The van der Waals surface area contributed by atoms with E-state index >= 15 is 0 Å². The largest absolute Gasteiger partial charge is 0.480 e. The lowest BCUT2D eigenvalue weighted by atomic mass is 10.1. The lowest BCUT2D eigenvalue weighted by Gasteiger charge is -2.32. The van der Waals surface area contributed by atoms with Crippen LogP contribution in [0, 0.1) is 6.92 Å². The van der Waals surface area contributed by atoms with Crippen LogP contribution in [0.2, 0.25) is 0 Å². The molecule has 1 fully saturated rings. The van der Waals surface area contributed by atoms with Crippen LogP contribution in [0.3, 0.4) is 0 Å². The maximum Gasteiger partial charge on any atom is 0.416 e. The van der Waals surface area contributed by atoms with E-state index in [2.05, 4.69) is 5.10 Å². The summed E-state index contributed by atoms with van der Waals surface area (Å²) < 4.78 is 45.1. The van der Waals surface area contributed by atoms with E-state index in [4.69, 9.17) is 4.74 Å². The predicted molar refractivity (Wildman–Crippen MR) is 86.6 cm³/mol. The summed E-state index contributed by atoms with van der Waals surface area (Å²) in [5, 5.41) is 13.3. The van der Waals surface area contributed by atoms with Gasteiger partial charge in [-0.15, -0.1) is 0 Å². The van der Waals surface area contributed by atoms with Crippen molar-refractivity contribution in [1.82, 2.24) is 14.7 Å². The molecule has 0 saturated carbocycles. The molecule has 1 amide bonds. The third kappa shape index (κ3) is 3.65. The van der Waals surface area contributed by atoms with Gasteiger partial charge in [-0.1, -0.05) is 6.07 Å². The van der Waals surface area contributed by atoms with Gasteiger partial charge in [0.05, 0.1) is 41.9 Å². The second-order valence-corrected chi connectivity index (χ2v) is 6.03. The average Bonchev–Trinajstić information content (AvgIpc) is 3.02. The van der Waals surface area contributed by atoms with Crippen LogP contribution in [-0.2, 0) is 15.7 Å². The number of benzene rings is 1. The fourth-order valence-corrected chi connectivity index (χ4v) is 2.90. The predicted octanol–water partition coefficient (Wildman–Crippen LogP) is 2.13. The Balaban J connectivity index is 1.94. The fourth-order valence-electron chi connectivity index (χ4n) is 2.90. The van der Waals surface area contributed by atoms with Crippen LogP contribution in [0.1, 0.15) is 21.6 Å². The Labute approximate surface area is 151 Å². The molecule has 0 bridgehead atoms. The molecular weight excluding hydrogens is 367 g/mol. The Morgan fingerprint density at radius 2 is 2.07 bits per heavy atom. The van der Waals surface area contributed by atoms with Gasteiger partial charge in [0.25, 0.3) is 5.91 Å². The molecule has 1 aliphatic heterocycles. The highest BCUT2D eigenvalue weighted by Gasteiger charge is 2.35. The van der Waals surface area contributed by atoms with Gasteiger partial charge in [-0.2, -0.15) is 18.3 Å². The monoisotopic (exact) mass is 383 g/mol. The van der Waals surface area contributed by atoms with Crippen LogP contribution in [0.25, 0.3) is 5.69 Å². The second-order valence-electron chi connectivity index (χ2n) is 6.03. The molecular formula is C17H16F3N3O4. The summed E-state index contributed by atoms with van der Waals surface area (Å²) in [6.07, 6.45) is -3.27. The van der Waals surface area contributed by atoms with Gasteiger partial charge in [0.2, 0.25) is 0 Å². The van der Waals surface area contributed by atoms with E-state index in [-0.39, 0.29) is 31.0 Å². The zero-order valence-corrected chi connectivity index (χ0v) is 14.2. The number of ether oxygens (including phenoxy) is 1. The molecule has 2 heterocycles. The number of amides is 1. The Kier molecular flexibility index (Phi) is 4.92. The molecule has 0 unspecified atom stereocenters. The number of morpholine rings is 1. The summed E-state index contributed by atoms with van der Waals surface area (Å²) in [5.41, 5.74) is -0.240. The number of hydrogen-bond donors (Lipinski definition) is 1. The Morgan fingerprint density at radius 1 is 1.33 bits per heavy atom.